The van der Waals surface area contributed by atoms with Gasteiger partial charge >= 0.3 is 0 Å². The highest BCUT2D eigenvalue weighted by Gasteiger charge is 2.20. The van der Waals surface area contributed by atoms with Gasteiger partial charge in [-0.1, -0.05) is 11.6 Å². The standard InChI is InChI=1S/C12H5ClN6O2/c13-10-3-11(19(20)21)12(18-17-7(4-14)5-15)9-6-16-2-1-8(9)10/h1-3,6,18H. The number of nitrogens with one attached hydrogen (secondary N) is 1. The molecule has 9 heteroatoms. The van der Waals surface area contributed by atoms with Crippen molar-refractivity contribution in [3.63, 3.8) is 0 Å². The summed E-state index contributed by atoms with van der Waals surface area (Å²) in [7, 11) is 0. The number of nitriles is 2. The quantitative estimate of drug-likeness (QED) is 0.527. The molecule has 0 aliphatic rings. The van der Waals surface area contributed by atoms with Gasteiger partial charge in [0.05, 0.1) is 9.95 Å². The fourth-order valence-corrected chi connectivity index (χ4v) is 1.93. The van der Waals surface area contributed by atoms with E-state index in [-0.39, 0.29) is 16.4 Å². The fourth-order valence-electron chi connectivity index (χ4n) is 1.66. The Bertz CT molecular complexity index is 833. The molecule has 0 spiro atoms. The number of halogens is 1. The van der Waals surface area contributed by atoms with Gasteiger partial charge in [0, 0.05) is 29.2 Å². The van der Waals surface area contributed by atoms with Crippen molar-refractivity contribution in [2.75, 3.05) is 5.43 Å². The van der Waals surface area contributed by atoms with Gasteiger partial charge in [0.1, 0.15) is 17.8 Å². The summed E-state index contributed by atoms with van der Waals surface area (Å²) in [4.78, 5) is 14.3. The third-order valence-corrected chi connectivity index (χ3v) is 2.87. The SMILES string of the molecule is N#CC(C#N)=NNc1c([N+](=O)[O-])cc(Cl)c2ccncc12. The highest BCUT2D eigenvalue weighted by Crippen LogP contribution is 2.37. The van der Waals surface area contributed by atoms with Gasteiger partial charge in [0.2, 0.25) is 5.71 Å². The predicted octanol–water partition coefficient (Wildman–Crippen LogP) is 2.61. The molecule has 1 aromatic heterocycles. The minimum atomic E-state index is -0.644. The van der Waals surface area contributed by atoms with E-state index in [0.717, 1.165) is 0 Å². The molecule has 102 valence electrons. The number of hydrazone groups is 1. The Labute approximate surface area is 123 Å². The predicted molar refractivity (Wildman–Crippen MR) is 75.7 cm³/mol. The zero-order chi connectivity index (χ0) is 15.4. The molecule has 0 saturated carbocycles. The number of nitro benzene ring substituents is 1. The number of nitro groups is 1. The number of fused-ring (bicyclic) bond motifs is 1. The number of benzene rings is 1. The second-order valence-electron chi connectivity index (χ2n) is 3.73. The van der Waals surface area contributed by atoms with Gasteiger partial charge in [0.25, 0.3) is 5.69 Å². The van der Waals surface area contributed by atoms with Crippen molar-refractivity contribution in [2.24, 2.45) is 5.10 Å². The molecule has 0 aliphatic carbocycles. The lowest BCUT2D eigenvalue weighted by Gasteiger charge is -2.07. The van der Waals surface area contributed by atoms with Crippen molar-refractivity contribution >= 4 is 39.5 Å². The zero-order valence-corrected chi connectivity index (χ0v) is 11.0. The van der Waals surface area contributed by atoms with Crippen LogP contribution in [0.4, 0.5) is 11.4 Å². The fraction of sp³-hybridized carbons (Fsp3) is 0. The maximum absolute atomic E-state index is 11.1. The molecule has 0 atom stereocenters. The molecule has 8 nitrogen and oxygen atoms in total. The molecule has 0 fully saturated rings. The minimum absolute atomic E-state index is 0.00972. The van der Waals surface area contributed by atoms with E-state index < -0.39 is 10.6 Å². The first kappa shape index (κ1) is 14.2. The van der Waals surface area contributed by atoms with Crippen LogP contribution < -0.4 is 5.43 Å². The van der Waals surface area contributed by atoms with E-state index in [0.29, 0.717) is 10.8 Å². The van der Waals surface area contributed by atoms with E-state index in [1.807, 2.05) is 0 Å². The van der Waals surface area contributed by atoms with Crippen LogP contribution in [0, 0.1) is 32.8 Å². The lowest BCUT2D eigenvalue weighted by Crippen LogP contribution is -2.01. The van der Waals surface area contributed by atoms with Crippen LogP contribution in [0.25, 0.3) is 10.8 Å². The zero-order valence-electron chi connectivity index (χ0n) is 10.2. The Hall–Kier alpha value is -3.23. The third-order valence-electron chi connectivity index (χ3n) is 2.56. The Balaban J connectivity index is 2.71. The average molecular weight is 301 g/mol. The summed E-state index contributed by atoms with van der Waals surface area (Å²) in [6.07, 6.45) is 2.87. The topological polar surface area (TPSA) is 128 Å². The van der Waals surface area contributed by atoms with Crippen LogP contribution in [0.1, 0.15) is 0 Å². The first-order chi connectivity index (χ1) is 10.1. The number of rotatable bonds is 3. The Morgan fingerprint density at radius 2 is 2.14 bits per heavy atom. The second kappa shape index (κ2) is 5.82. The summed E-state index contributed by atoms with van der Waals surface area (Å²) < 4.78 is 0. The van der Waals surface area contributed by atoms with Crippen molar-refractivity contribution in [1.82, 2.24) is 4.98 Å². The molecule has 0 unspecified atom stereocenters. The molecule has 2 aromatic rings. The third kappa shape index (κ3) is 2.71. The largest absolute Gasteiger partial charge is 0.296 e. The Morgan fingerprint density at radius 1 is 1.43 bits per heavy atom. The lowest BCUT2D eigenvalue weighted by atomic mass is 10.1. The number of hydrogen-bond donors (Lipinski definition) is 1. The monoisotopic (exact) mass is 300 g/mol. The first-order valence-corrected chi connectivity index (χ1v) is 5.80. The summed E-state index contributed by atoms with van der Waals surface area (Å²) in [5.74, 6) is 0. The number of aromatic nitrogens is 1. The molecule has 0 bridgehead atoms. The van der Waals surface area contributed by atoms with Crippen LogP contribution in [-0.4, -0.2) is 15.6 Å². The van der Waals surface area contributed by atoms with Gasteiger partial charge in [-0.05, 0) is 6.07 Å². The summed E-state index contributed by atoms with van der Waals surface area (Å²) >= 11 is 6.00. The average Bonchev–Trinajstić information content (AvgIpc) is 2.49. The highest BCUT2D eigenvalue weighted by molar-refractivity contribution is 6.36. The van der Waals surface area contributed by atoms with Crippen LogP contribution >= 0.6 is 11.6 Å². The highest BCUT2D eigenvalue weighted by atomic mass is 35.5. The Morgan fingerprint density at radius 3 is 2.76 bits per heavy atom. The van der Waals surface area contributed by atoms with Gasteiger partial charge in [-0.3, -0.25) is 20.5 Å². The van der Waals surface area contributed by atoms with E-state index in [4.69, 9.17) is 22.1 Å². The summed E-state index contributed by atoms with van der Waals surface area (Å²) in [5, 5.41) is 33.0. The maximum Gasteiger partial charge on any atom is 0.296 e. The smallest absolute Gasteiger partial charge is 0.269 e. The molecule has 2 rings (SSSR count). The van der Waals surface area contributed by atoms with E-state index in [1.54, 1.807) is 18.2 Å². The van der Waals surface area contributed by atoms with Crippen molar-refractivity contribution in [3.05, 3.63) is 39.7 Å². The van der Waals surface area contributed by atoms with Crippen LogP contribution in [0.3, 0.4) is 0 Å². The molecule has 0 radical (unpaired) electrons. The molecule has 0 amide bonds. The maximum atomic E-state index is 11.1. The summed E-state index contributed by atoms with van der Waals surface area (Å²) in [5.41, 5.74) is 1.58. The minimum Gasteiger partial charge on any atom is -0.269 e. The van der Waals surface area contributed by atoms with E-state index in [1.165, 1.54) is 18.5 Å². The van der Waals surface area contributed by atoms with Crippen molar-refractivity contribution in [1.29, 1.82) is 10.5 Å². The number of anilines is 1. The lowest BCUT2D eigenvalue weighted by molar-refractivity contribution is -0.383. The molecule has 0 saturated heterocycles. The molecule has 1 N–H and O–H groups in total. The van der Waals surface area contributed by atoms with Gasteiger partial charge in [-0.25, -0.2) is 0 Å². The molecule has 1 heterocycles. The molecule has 0 aliphatic heterocycles. The van der Waals surface area contributed by atoms with Gasteiger partial charge in [0.15, 0.2) is 0 Å². The van der Waals surface area contributed by atoms with E-state index in [9.17, 15) is 10.1 Å². The number of nitrogens with zero attached hydrogens (tertiary/aromatic N) is 5. The van der Waals surface area contributed by atoms with Gasteiger partial charge in [-0.15, -0.1) is 0 Å². The van der Waals surface area contributed by atoms with Gasteiger partial charge < -0.3 is 0 Å². The van der Waals surface area contributed by atoms with Crippen LogP contribution in [0.15, 0.2) is 29.6 Å². The summed E-state index contributed by atoms with van der Waals surface area (Å²) in [6, 6.07) is 5.85. The number of hydrogen-bond acceptors (Lipinski definition) is 7. The first-order valence-electron chi connectivity index (χ1n) is 5.43. The van der Waals surface area contributed by atoms with Crippen LogP contribution in [0.5, 0.6) is 0 Å². The van der Waals surface area contributed by atoms with Crippen molar-refractivity contribution in [2.45, 2.75) is 0 Å². The van der Waals surface area contributed by atoms with E-state index >= 15 is 0 Å². The van der Waals surface area contributed by atoms with Gasteiger partial charge in [-0.2, -0.15) is 15.6 Å². The van der Waals surface area contributed by atoms with E-state index in [2.05, 4.69) is 15.5 Å². The molecule has 1 aromatic carbocycles. The molecule has 21 heavy (non-hydrogen) atoms. The Kier molecular flexibility index (Phi) is 3.93. The summed E-state index contributed by atoms with van der Waals surface area (Å²) in [6.45, 7) is 0. The van der Waals surface area contributed by atoms with Crippen LogP contribution in [0.2, 0.25) is 5.02 Å². The number of pyridine rings is 1. The normalized spacial score (nSPS) is 9.48. The molecular weight excluding hydrogens is 296 g/mol. The van der Waals surface area contributed by atoms with Crippen molar-refractivity contribution in [3.8, 4) is 12.1 Å². The second-order valence-corrected chi connectivity index (χ2v) is 4.13. The van der Waals surface area contributed by atoms with Crippen LogP contribution in [-0.2, 0) is 0 Å². The molecular formula is C12H5ClN6O2. The van der Waals surface area contributed by atoms with Crippen molar-refractivity contribution < 1.29 is 4.92 Å².